The first kappa shape index (κ1) is 22.3. The monoisotopic (exact) mass is 455 g/mol. The lowest BCUT2D eigenvalue weighted by atomic mass is 9.96. The van der Waals surface area contributed by atoms with Gasteiger partial charge in [-0.25, -0.2) is 9.48 Å². The molecule has 2 aromatic rings. The van der Waals surface area contributed by atoms with Gasteiger partial charge in [0.2, 0.25) is 0 Å². The largest absolute Gasteiger partial charge is 0.371 e. The van der Waals surface area contributed by atoms with Crippen LogP contribution in [0.4, 0.5) is 4.79 Å². The number of urea groups is 1. The molecule has 178 valence electrons. The van der Waals surface area contributed by atoms with Gasteiger partial charge in [-0.15, -0.1) is 5.10 Å². The van der Waals surface area contributed by atoms with Gasteiger partial charge in [-0.1, -0.05) is 54.8 Å². The molecule has 9 nitrogen and oxygen atoms in total. The summed E-state index contributed by atoms with van der Waals surface area (Å²) in [5.74, 6) is 0. The fourth-order valence-corrected chi connectivity index (χ4v) is 5.34. The maximum absolute atomic E-state index is 12.5. The van der Waals surface area contributed by atoms with Crippen molar-refractivity contribution in [2.75, 3.05) is 20.3 Å². The van der Waals surface area contributed by atoms with Gasteiger partial charge >= 0.3 is 6.03 Å². The summed E-state index contributed by atoms with van der Waals surface area (Å²) >= 11 is 0. The number of aromatic nitrogens is 3. The zero-order valence-electron chi connectivity index (χ0n) is 19.3. The zero-order chi connectivity index (χ0) is 22.6. The molecule has 5 atom stereocenters. The first-order valence-corrected chi connectivity index (χ1v) is 12.2. The second-order valence-electron chi connectivity index (χ2n) is 9.71. The molecule has 33 heavy (non-hydrogen) atoms. The number of carbonyl (C=O) groups excluding carboxylic acids is 1. The van der Waals surface area contributed by atoms with Crippen LogP contribution in [0.25, 0.3) is 0 Å². The van der Waals surface area contributed by atoms with Crippen LogP contribution >= 0.6 is 0 Å². The van der Waals surface area contributed by atoms with E-state index in [4.69, 9.17) is 9.47 Å². The molecular formula is C24H35N6O3+. The molecule has 5 rings (SSSR count). The Morgan fingerprint density at radius 3 is 2.67 bits per heavy atom. The minimum Gasteiger partial charge on any atom is -0.371 e. The standard InChI is InChI=1S/C24H34N6O3/c1-29(12-17-8-4-2-5-9-17)13-19-14-30(28-27-19)21-16-33-22-20(15-32-23(21)22)26-24(31)25-18-10-6-3-7-11-18/h2,4-5,8-9,14,18,20-23H,3,6-7,10-13,15-16H2,1H3,(H2,25,26,31)/p+1/t20-,21-,22+,23+/m0/s1. The van der Waals surface area contributed by atoms with Crippen LogP contribution in [0.2, 0.25) is 0 Å². The molecule has 3 heterocycles. The summed E-state index contributed by atoms with van der Waals surface area (Å²) < 4.78 is 14.0. The normalized spacial score (nSPS) is 28.4. The molecular weight excluding hydrogens is 420 g/mol. The topological polar surface area (TPSA) is 94.7 Å². The lowest BCUT2D eigenvalue weighted by Gasteiger charge is -2.24. The number of fused-ring (bicyclic) bond motifs is 1. The maximum Gasteiger partial charge on any atom is 0.315 e. The van der Waals surface area contributed by atoms with E-state index in [0.29, 0.717) is 13.2 Å². The predicted molar refractivity (Wildman–Crippen MR) is 122 cm³/mol. The molecule has 1 unspecified atom stereocenters. The predicted octanol–water partition coefficient (Wildman–Crippen LogP) is 0.832. The lowest BCUT2D eigenvalue weighted by Crippen LogP contribution is -3.06. The van der Waals surface area contributed by atoms with Crippen LogP contribution in [0.5, 0.6) is 0 Å². The third kappa shape index (κ3) is 5.37. The summed E-state index contributed by atoms with van der Waals surface area (Å²) in [6.45, 7) is 2.69. The van der Waals surface area contributed by atoms with Gasteiger partial charge in [-0.2, -0.15) is 0 Å². The van der Waals surface area contributed by atoms with Crippen LogP contribution in [-0.4, -0.2) is 65.6 Å². The molecule has 2 aliphatic heterocycles. The number of ether oxygens (including phenoxy) is 2. The Morgan fingerprint density at radius 2 is 1.85 bits per heavy atom. The van der Waals surface area contributed by atoms with E-state index in [1.165, 1.54) is 29.7 Å². The van der Waals surface area contributed by atoms with Gasteiger partial charge in [-0.05, 0) is 12.8 Å². The molecule has 2 amide bonds. The lowest BCUT2D eigenvalue weighted by molar-refractivity contribution is -0.908. The SMILES string of the molecule is C[NH+](Cc1ccccc1)Cc1cn([C@H]2CO[C@H]3[C@@H]2OC[C@@H]3NC(=O)NC2CCCCC2)nn1. The highest BCUT2D eigenvalue weighted by Crippen LogP contribution is 2.34. The number of carbonyl (C=O) groups is 1. The van der Waals surface area contributed by atoms with E-state index in [2.05, 4.69) is 52.3 Å². The highest BCUT2D eigenvalue weighted by atomic mass is 16.6. The molecule has 0 spiro atoms. The summed E-state index contributed by atoms with van der Waals surface area (Å²) in [5, 5.41) is 15.0. The van der Waals surface area contributed by atoms with Gasteiger partial charge in [0.1, 0.15) is 37.0 Å². The van der Waals surface area contributed by atoms with E-state index in [1.807, 2.05) is 16.9 Å². The summed E-state index contributed by atoms with van der Waals surface area (Å²) in [7, 11) is 2.16. The van der Waals surface area contributed by atoms with Gasteiger partial charge in [-0.3, -0.25) is 0 Å². The van der Waals surface area contributed by atoms with Crippen LogP contribution in [-0.2, 0) is 22.6 Å². The number of hydrogen-bond acceptors (Lipinski definition) is 5. The van der Waals surface area contributed by atoms with Crippen LogP contribution < -0.4 is 15.5 Å². The Balaban J connectivity index is 1.13. The number of quaternary nitrogens is 1. The Bertz CT molecular complexity index is 916. The van der Waals surface area contributed by atoms with Crippen molar-refractivity contribution >= 4 is 6.03 Å². The molecule has 3 N–H and O–H groups in total. The fourth-order valence-electron chi connectivity index (χ4n) is 5.34. The first-order valence-electron chi connectivity index (χ1n) is 12.2. The summed E-state index contributed by atoms with van der Waals surface area (Å²) in [5.41, 5.74) is 2.26. The molecule has 1 aromatic carbocycles. The maximum atomic E-state index is 12.5. The second kappa shape index (κ2) is 10.2. The Kier molecular flexibility index (Phi) is 6.89. The molecule has 0 bridgehead atoms. The number of nitrogens with zero attached hydrogens (tertiary/aromatic N) is 3. The molecule has 2 saturated heterocycles. The van der Waals surface area contributed by atoms with Crippen LogP contribution in [0.15, 0.2) is 36.5 Å². The molecule has 3 fully saturated rings. The molecule has 1 aromatic heterocycles. The second-order valence-corrected chi connectivity index (χ2v) is 9.71. The number of hydrogen-bond donors (Lipinski definition) is 3. The first-order chi connectivity index (χ1) is 16.2. The minimum atomic E-state index is -0.161. The van der Waals surface area contributed by atoms with E-state index >= 15 is 0 Å². The quantitative estimate of drug-likeness (QED) is 0.575. The third-order valence-corrected chi connectivity index (χ3v) is 7.01. The minimum absolute atomic E-state index is 0.0288. The van der Waals surface area contributed by atoms with Gasteiger partial charge in [0.15, 0.2) is 0 Å². The van der Waals surface area contributed by atoms with Crippen LogP contribution in [0.1, 0.15) is 49.4 Å². The van der Waals surface area contributed by atoms with Crippen molar-refractivity contribution in [1.82, 2.24) is 25.6 Å². The van der Waals surface area contributed by atoms with E-state index < -0.39 is 0 Å². The van der Waals surface area contributed by atoms with Crippen molar-refractivity contribution in [3.63, 3.8) is 0 Å². The van der Waals surface area contributed by atoms with E-state index in [-0.39, 0.29) is 36.4 Å². The molecule has 0 radical (unpaired) electrons. The number of benzene rings is 1. The average molecular weight is 456 g/mol. The zero-order valence-corrected chi connectivity index (χ0v) is 19.3. The van der Waals surface area contributed by atoms with Crippen LogP contribution in [0.3, 0.4) is 0 Å². The number of amides is 2. The summed E-state index contributed by atoms with van der Waals surface area (Å²) in [6.07, 6.45) is 7.49. The number of nitrogens with one attached hydrogen (secondary N) is 3. The van der Waals surface area contributed by atoms with E-state index in [9.17, 15) is 4.79 Å². The fraction of sp³-hybridized carbons (Fsp3) is 0.625. The van der Waals surface area contributed by atoms with Crippen molar-refractivity contribution in [3.8, 4) is 0 Å². The van der Waals surface area contributed by atoms with Crippen molar-refractivity contribution in [2.24, 2.45) is 0 Å². The van der Waals surface area contributed by atoms with E-state index in [0.717, 1.165) is 31.6 Å². The highest BCUT2D eigenvalue weighted by Gasteiger charge is 2.49. The van der Waals surface area contributed by atoms with Gasteiger partial charge < -0.3 is 25.0 Å². The Morgan fingerprint density at radius 1 is 1.06 bits per heavy atom. The van der Waals surface area contributed by atoms with Crippen LogP contribution in [0, 0.1) is 0 Å². The third-order valence-electron chi connectivity index (χ3n) is 7.01. The van der Waals surface area contributed by atoms with Crippen molar-refractivity contribution in [3.05, 3.63) is 47.8 Å². The van der Waals surface area contributed by atoms with Crippen molar-refractivity contribution in [2.45, 2.75) is 75.5 Å². The van der Waals surface area contributed by atoms with E-state index in [1.54, 1.807) is 0 Å². The highest BCUT2D eigenvalue weighted by molar-refractivity contribution is 5.74. The molecule has 1 saturated carbocycles. The van der Waals surface area contributed by atoms with Gasteiger partial charge in [0.05, 0.1) is 32.5 Å². The molecule has 9 heteroatoms. The average Bonchev–Trinajstić information content (AvgIpc) is 3.53. The summed E-state index contributed by atoms with van der Waals surface area (Å²) in [4.78, 5) is 13.8. The smallest absolute Gasteiger partial charge is 0.315 e. The van der Waals surface area contributed by atoms with Crippen molar-refractivity contribution in [1.29, 1.82) is 0 Å². The summed E-state index contributed by atoms with van der Waals surface area (Å²) in [6, 6.07) is 10.5. The molecule has 3 aliphatic rings. The number of rotatable bonds is 7. The van der Waals surface area contributed by atoms with Gasteiger partial charge in [0.25, 0.3) is 0 Å². The Hall–Kier alpha value is -2.49. The van der Waals surface area contributed by atoms with Gasteiger partial charge in [0, 0.05) is 11.6 Å². The molecule has 1 aliphatic carbocycles. The Labute approximate surface area is 194 Å². The van der Waals surface area contributed by atoms with Crippen molar-refractivity contribution < 1.29 is 19.2 Å².